The molecule has 0 unspecified atom stereocenters. The Labute approximate surface area is 149 Å². The highest BCUT2D eigenvalue weighted by Gasteiger charge is 2.38. The van der Waals surface area contributed by atoms with Crippen molar-refractivity contribution in [1.29, 1.82) is 0 Å². The number of furan rings is 1. The summed E-state index contributed by atoms with van der Waals surface area (Å²) in [5.41, 5.74) is 1.73. The number of carbonyl (C=O) groups is 2. The Morgan fingerprint density at radius 3 is 2.64 bits per heavy atom. The van der Waals surface area contributed by atoms with Crippen molar-refractivity contribution in [3.05, 3.63) is 35.8 Å². The zero-order valence-electron chi connectivity index (χ0n) is 15.6. The molecule has 1 aromatic heterocycles. The fraction of sp³-hybridized carbons (Fsp3) is 0.579. The molecule has 1 aliphatic rings. The van der Waals surface area contributed by atoms with E-state index in [0.717, 1.165) is 6.54 Å². The number of hydrogen-bond donors (Lipinski definition) is 1. The van der Waals surface area contributed by atoms with E-state index in [2.05, 4.69) is 30.1 Å². The Morgan fingerprint density at radius 2 is 2.08 bits per heavy atom. The van der Waals surface area contributed by atoms with E-state index in [1.807, 2.05) is 18.7 Å². The van der Waals surface area contributed by atoms with Crippen LogP contribution in [0.3, 0.4) is 0 Å². The molecule has 6 heteroatoms. The van der Waals surface area contributed by atoms with Gasteiger partial charge in [-0.05, 0) is 40.2 Å². The summed E-state index contributed by atoms with van der Waals surface area (Å²) in [6.45, 7) is 10.9. The number of nitrogens with one attached hydrogen (secondary N) is 1. The molecule has 2 heterocycles. The Hall–Kier alpha value is -2.08. The maximum Gasteiger partial charge on any atom is 0.254 e. The number of nitrogens with zero attached hydrogens (tertiary/aromatic N) is 2. The summed E-state index contributed by atoms with van der Waals surface area (Å²) in [6.07, 6.45) is 5.68. The lowest BCUT2D eigenvalue weighted by Crippen LogP contribution is -2.45. The van der Waals surface area contributed by atoms with Gasteiger partial charge in [-0.25, -0.2) is 0 Å². The molecule has 0 bridgehead atoms. The summed E-state index contributed by atoms with van der Waals surface area (Å²) in [6, 6.07) is 1.41. The van der Waals surface area contributed by atoms with Crippen molar-refractivity contribution in [2.24, 2.45) is 0 Å². The number of likely N-dealkylation sites (N-methyl/N-ethyl adjacent to an activating group) is 1. The standard InChI is InChI=1S/C19H29N3O3/c1-5-21(6-2)19(24)17-11-16(12-22(17)9-7-14(3)4)20-18(23)15-8-10-25-13-15/h7-8,10,13,16-17H,5-6,9,11-12H2,1-4H3,(H,20,23)/t16-,17+/m1/s1. The molecule has 2 atom stereocenters. The fourth-order valence-electron chi connectivity index (χ4n) is 3.18. The Kier molecular flexibility index (Phi) is 6.82. The summed E-state index contributed by atoms with van der Waals surface area (Å²) >= 11 is 0. The fourth-order valence-corrected chi connectivity index (χ4v) is 3.18. The molecular weight excluding hydrogens is 318 g/mol. The molecule has 0 aliphatic carbocycles. The first-order chi connectivity index (χ1) is 12.0. The lowest BCUT2D eigenvalue weighted by molar-refractivity contribution is -0.135. The van der Waals surface area contributed by atoms with E-state index in [9.17, 15) is 9.59 Å². The molecule has 1 aromatic rings. The minimum atomic E-state index is -0.190. The van der Waals surface area contributed by atoms with Gasteiger partial charge in [0.05, 0.1) is 17.9 Å². The van der Waals surface area contributed by atoms with E-state index in [-0.39, 0.29) is 23.9 Å². The van der Waals surface area contributed by atoms with Gasteiger partial charge in [0.2, 0.25) is 5.91 Å². The molecule has 2 amide bonds. The van der Waals surface area contributed by atoms with Crippen molar-refractivity contribution in [3.8, 4) is 0 Å². The summed E-state index contributed by atoms with van der Waals surface area (Å²) in [7, 11) is 0. The molecule has 1 saturated heterocycles. The van der Waals surface area contributed by atoms with Crippen LogP contribution in [0.4, 0.5) is 0 Å². The number of amides is 2. The van der Waals surface area contributed by atoms with E-state index in [1.165, 1.54) is 18.1 Å². The highest BCUT2D eigenvalue weighted by atomic mass is 16.3. The summed E-state index contributed by atoms with van der Waals surface area (Å²) in [4.78, 5) is 29.1. The van der Waals surface area contributed by atoms with Crippen LogP contribution in [-0.4, -0.2) is 59.9 Å². The van der Waals surface area contributed by atoms with Gasteiger partial charge in [0.15, 0.2) is 0 Å². The van der Waals surface area contributed by atoms with Crippen LogP contribution in [0.25, 0.3) is 0 Å². The molecule has 0 radical (unpaired) electrons. The molecule has 1 N–H and O–H groups in total. The molecule has 2 rings (SSSR count). The van der Waals surface area contributed by atoms with Crippen LogP contribution in [0, 0.1) is 0 Å². The van der Waals surface area contributed by atoms with Crippen molar-refractivity contribution in [3.63, 3.8) is 0 Å². The van der Waals surface area contributed by atoms with Gasteiger partial charge in [-0.3, -0.25) is 14.5 Å². The minimum absolute atomic E-state index is 0.0440. The third-order valence-corrected chi connectivity index (χ3v) is 4.62. The highest BCUT2D eigenvalue weighted by molar-refractivity contribution is 5.94. The lowest BCUT2D eigenvalue weighted by Gasteiger charge is -2.28. The van der Waals surface area contributed by atoms with Crippen molar-refractivity contribution >= 4 is 11.8 Å². The second-order valence-electron chi connectivity index (χ2n) is 6.68. The summed E-state index contributed by atoms with van der Waals surface area (Å²) in [5, 5.41) is 3.03. The molecule has 0 aromatic carbocycles. The number of allylic oxidation sites excluding steroid dienone is 1. The first kappa shape index (κ1) is 19.2. The molecule has 1 fully saturated rings. The topological polar surface area (TPSA) is 65.8 Å². The zero-order valence-corrected chi connectivity index (χ0v) is 15.6. The average molecular weight is 347 g/mol. The van der Waals surface area contributed by atoms with Crippen molar-refractivity contribution in [2.45, 2.75) is 46.2 Å². The number of rotatable bonds is 7. The Morgan fingerprint density at radius 1 is 1.36 bits per heavy atom. The highest BCUT2D eigenvalue weighted by Crippen LogP contribution is 2.21. The average Bonchev–Trinajstić information content (AvgIpc) is 3.23. The number of carbonyl (C=O) groups excluding carboxylic acids is 2. The molecule has 0 saturated carbocycles. The van der Waals surface area contributed by atoms with Crippen LogP contribution in [0.5, 0.6) is 0 Å². The van der Waals surface area contributed by atoms with Gasteiger partial charge in [0.25, 0.3) is 5.91 Å². The van der Waals surface area contributed by atoms with Crippen LogP contribution in [0.1, 0.15) is 44.5 Å². The summed E-state index contributed by atoms with van der Waals surface area (Å²) < 4.78 is 4.97. The second-order valence-corrected chi connectivity index (χ2v) is 6.68. The minimum Gasteiger partial charge on any atom is -0.472 e. The smallest absolute Gasteiger partial charge is 0.254 e. The van der Waals surface area contributed by atoms with E-state index in [0.29, 0.717) is 31.6 Å². The van der Waals surface area contributed by atoms with Crippen molar-refractivity contribution in [2.75, 3.05) is 26.2 Å². The van der Waals surface area contributed by atoms with Crippen LogP contribution < -0.4 is 5.32 Å². The third-order valence-electron chi connectivity index (χ3n) is 4.62. The number of hydrogen-bond acceptors (Lipinski definition) is 4. The van der Waals surface area contributed by atoms with Gasteiger partial charge < -0.3 is 14.6 Å². The van der Waals surface area contributed by atoms with Crippen LogP contribution in [0.2, 0.25) is 0 Å². The summed E-state index contributed by atoms with van der Waals surface area (Å²) in [5.74, 6) is -0.0101. The van der Waals surface area contributed by atoms with Crippen LogP contribution >= 0.6 is 0 Å². The Balaban J connectivity index is 2.08. The molecule has 138 valence electrons. The van der Waals surface area contributed by atoms with Gasteiger partial charge in [0, 0.05) is 32.2 Å². The molecule has 25 heavy (non-hydrogen) atoms. The quantitative estimate of drug-likeness (QED) is 0.769. The molecule has 1 aliphatic heterocycles. The van der Waals surface area contributed by atoms with Crippen LogP contribution in [0.15, 0.2) is 34.7 Å². The van der Waals surface area contributed by atoms with Gasteiger partial charge in [-0.15, -0.1) is 0 Å². The maximum absolute atomic E-state index is 12.9. The zero-order chi connectivity index (χ0) is 18.4. The molecule has 6 nitrogen and oxygen atoms in total. The third kappa shape index (κ3) is 4.95. The SMILES string of the molecule is CCN(CC)C(=O)[C@@H]1C[C@@H](NC(=O)c2ccoc2)CN1CC=C(C)C. The van der Waals surface area contributed by atoms with E-state index >= 15 is 0 Å². The first-order valence-electron chi connectivity index (χ1n) is 8.95. The first-order valence-corrected chi connectivity index (χ1v) is 8.95. The predicted molar refractivity (Wildman–Crippen MR) is 97.3 cm³/mol. The van der Waals surface area contributed by atoms with Crippen molar-refractivity contribution in [1.82, 2.24) is 15.1 Å². The monoisotopic (exact) mass is 347 g/mol. The van der Waals surface area contributed by atoms with Gasteiger partial charge in [-0.2, -0.15) is 0 Å². The lowest BCUT2D eigenvalue weighted by atomic mass is 10.1. The molecular formula is C19H29N3O3. The van der Waals surface area contributed by atoms with Crippen molar-refractivity contribution < 1.29 is 14.0 Å². The predicted octanol–water partition coefficient (Wildman–Crippen LogP) is 2.29. The maximum atomic E-state index is 12.9. The van der Waals surface area contributed by atoms with E-state index in [4.69, 9.17) is 4.42 Å². The largest absolute Gasteiger partial charge is 0.472 e. The molecule has 0 spiro atoms. The van der Waals surface area contributed by atoms with Gasteiger partial charge in [-0.1, -0.05) is 11.6 Å². The number of likely N-dealkylation sites (tertiary alicyclic amines) is 1. The van der Waals surface area contributed by atoms with Crippen LogP contribution in [-0.2, 0) is 4.79 Å². The van der Waals surface area contributed by atoms with Gasteiger partial charge >= 0.3 is 0 Å². The normalized spacial score (nSPS) is 20.3. The van der Waals surface area contributed by atoms with E-state index < -0.39 is 0 Å². The second kappa shape index (κ2) is 8.85. The van der Waals surface area contributed by atoms with Gasteiger partial charge in [0.1, 0.15) is 6.26 Å². The Bertz CT molecular complexity index is 601. The van der Waals surface area contributed by atoms with E-state index in [1.54, 1.807) is 6.07 Å².